The molecule has 0 aliphatic carbocycles. The maximum absolute atomic E-state index is 5.44. The Morgan fingerprint density at radius 1 is 1.19 bits per heavy atom. The van der Waals surface area contributed by atoms with Crippen LogP contribution in [0.1, 0.15) is 18.7 Å². The monoisotopic (exact) mass is 286 g/mol. The van der Waals surface area contributed by atoms with Crippen LogP contribution in [0.2, 0.25) is 0 Å². The third kappa shape index (κ3) is 3.03. The van der Waals surface area contributed by atoms with Crippen LogP contribution in [-0.2, 0) is 11.8 Å². The summed E-state index contributed by atoms with van der Waals surface area (Å²) in [5.41, 5.74) is 3.58. The summed E-state index contributed by atoms with van der Waals surface area (Å²) >= 11 is 0. The first-order valence-corrected chi connectivity index (χ1v) is 7.42. The van der Waals surface area contributed by atoms with Gasteiger partial charge in [0.1, 0.15) is 0 Å². The molecule has 21 heavy (non-hydrogen) atoms. The number of benzene rings is 1. The van der Waals surface area contributed by atoms with E-state index in [0.29, 0.717) is 0 Å². The molecule has 1 N–H and O–H groups in total. The van der Waals surface area contributed by atoms with Gasteiger partial charge in [-0.2, -0.15) is 5.10 Å². The fourth-order valence-electron chi connectivity index (χ4n) is 2.79. The standard InChI is InChI=1S/C16H22N4O/c1-13(15-7-8-17-19(15)2)18-14-5-3-4-6-16(14)20-9-11-21-12-10-20/h3-8,13,18H,9-12H2,1-2H3. The molecule has 1 saturated heterocycles. The number of rotatable bonds is 4. The molecule has 1 aromatic carbocycles. The molecule has 1 unspecified atom stereocenters. The second-order valence-corrected chi connectivity index (χ2v) is 5.36. The molecule has 2 aromatic rings. The minimum atomic E-state index is 0.208. The number of nitrogens with zero attached hydrogens (tertiary/aromatic N) is 3. The van der Waals surface area contributed by atoms with E-state index < -0.39 is 0 Å². The molecule has 0 radical (unpaired) electrons. The molecule has 1 aliphatic rings. The average molecular weight is 286 g/mol. The minimum absolute atomic E-state index is 0.208. The van der Waals surface area contributed by atoms with Gasteiger partial charge in [0.25, 0.3) is 0 Å². The van der Waals surface area contributed by atoms with Crippen LogP contribution in [0.4, 0.5) is 11.4 Å². The first kappa shape index (κ1) is 13.9. The van der Waals surface area contributed by atoms with Crippen molar-refractivity contribution in [2.24, 2.45) is 7.05 Å². The Morgan fingerprint density at radius 2 is 1.95 bits per heavy atom. The molecule has 1 fully saturated rings. The Kier molecular flexibility index (Phi) is 4.10. The van der Waals surface area contributed by atoms with Gasteiger partial charge in [-0.15, -0.1) is 0 Å². The van der Waals surface area contributed by atoms with E-state index in [4.69, 9.17) is 4.74 Å². The van der Waals surface area contributed by atoms with E-state index >= 15 is 0 Å². The Hall–Kier alpha value is -2.01. The van der Waals surface area contributed by atoms with Gasteiger partial charge in [-0.3, -0.25) is 4.68 Å². The van der Waals surface area contributed by atoms with Crippen LogP contribution < -0.4 is 10.2 Å². The summed E-state index contributed by atoms with van der Waals surface area (Å²) in [6, 6.07) is 10.7. The van der Waals surface area contributed by atoms with E-state index in [1.807, 2.05) is 17.9 Å². The maximum atomic E-state index is 5.44. The number of ether oxygens (including phenoxy) is 1. The van der Waals surface area contributed by atoms with Gasteiger partial charge in [0.05, 0.1) is 36.3 Å². The van der Waals surface area contributed by atoms with Gasteiger partial charge < -0.3 is 15.0 Å². The fourth-order valence-corrected chi connectivity index (χ4v) is 2.79. The van der Waals surface area contributed by atoms with Gasteiger partial charge in [0.2, 0.25) is 0 Å². The van der Waals surface area contributed by atoms with Crippen molar-refractivity contribution in [3.05, 3.63) is 42.2 Å². The predicted molar refractivity (Wildman–Crippen MR) is 84.7 cm³/mol. The number of hydrogen-bond donors (Lipinski definition) is 1. The average Bonchev–Trinajstić information content (AvgIpc) is 2.95. The van der Waals surface area contributed by atoms with Crippen LogP contribution in [0.25, 0.3) is 0 Å². The molecule has 3 rings (SSSR count). The van der Waals surface area contributed by atoms with Gasteiger partial charge in [0, 0.05) is 26.3 Å². The normalized spacial score (nSPS) is 16.8. The number of hydrogen-bond acceptors (Lipinski definition) is 4. The van der Waals surface area contributed by atoms with Crippen molar-refractivity contribution in [1.29, 1.82) is 0 Å². The Bertz CT molecular complexity index is 589. The van der Waals surface area contributed by atoms with Crippen molar-refractivity contribution in [2.75, 3.05) is 36.5 Å². The van der Waals surface area contributed by atoms with E-state index in [2.05, 4.69) is 52.6 Å². The van der Waals surface area contributed by atoms with Gasteiger partial charge in [-0.25, -0.2) is 0 Å². The molecular formula is C16H22N4O. The highest BCUT2D eigenvalue weighted by atomic mass is 16.5. The lowest BCUT2D eigenvalue weighted by atomic mass is 10.2. The summed E-state index contributed by atoms with van der Waals surface area (Å²) < 4.78 is 7.35. The topological polar surface area (TPSA) is 42.3 Å². The Labute approximate surface area is 125 Å². The van der Waals surface area contributed by atoms with Crippen molar-refractivity contribution in [3.8, 4) is 0 Å². The lowest BCUT2D eigenvalue weighted by Crippen LogP contribution is -2.36. The largest absolute Gasteiger partial charge is 0.378 e. The predicted octanol–water partition coefficient (Wildman–Crippen LogP) is 2.43. The number of aromatic nitrogens is 2. The van der Waals surface area contributed by atoms with E-state index in [9.17, 15) is 0 Å². The Balaban J connectivity index is 1.80. The third-order valence-electron chi connectivity index (χ3n) is 3.93. The summed E-state index contributed by atoms with van der Waals surface area (Å²) in [7, 11) is 1.97. The molecule has 0 amide bonds. The highest BCUT2D eigenvalue weighted by Crippen LogP contribution is 2.29. The fraction of sp³-hybridized carbons (Fsp3) is 0.438. The number of morpholine rings is 1. The number of anilines is 2. The third-order valence-corrected chi connectivity index (χ3v) is 3.93. The summed E-state index contributed by atoms with van der Waals surface area (Å²) in [6.07, 6.45) is 1.83. The van der Waals surface area contributed by atoms with Crippen LogP contribution in [0.3, 0.4) is 0 Å². The van der Waals surface area contributed by atoms with Crippen LogP contribution in [0.5, 0.6) is 0 Å². The van der Waals surface area contributed by atoms with Crippen LogP contribution >= 0.6 is 0 Å². The zero-order chi connectivity index (χ0) is 14.7. The van der Waals surface area contributed by atoms with E-state index in [0.717, 1.165) is 32.0 Å². The van der Waals surface area contributed by atoms with E-state index in [-0.39, 0.29) is 6.04 Å². The summed E-state index contributed by atoms with van der Waals surface area (Å²) in [4.78, 5) is 2.38. The Morgan fingerprint density at radius 3 is 2.67 bits per heavy atom. The highest BCUT2D eigenvalue weighted by molar-refractivity contribution is 5.70. The lowest BCUT2D eigenvalue weighted by molar-refractivity contribution is 0.123. The van der Waals surface area contributed by atoms with Gasteiger partial charge in [-0.1, -0.05) is 12.1 Å². The zero-order valence-electron chi connectivity index (χ0n) is 12.6. The second-order valence-electron chi connectivity index (χ2n) is 5.36. The number of para-hydroxylation sites is 2. The molecule has 0 saturated carbocycles. The summed E-state index contributed by atoms with van der Waals surface area (Å²) in [5, 5.41) is 7.85. The summed E-state index contributed by atoms with van der Waals surface area (Å²) in [6.45, 7) is 5.64. The minimum Gasteiger partial charge on any atom is -0.378 e. The molecule has 5 heteroatoms. The maximum Gasteiger partial charge on any atom is 0.0654 e. The molecule has 1 atom stereocenters. The van der Waals surface area contributed by atoms with Crippen LogP contribution in [-0.4, -0.2) is 36.1 Å². The quantitative estimate of drug-likeness (QED) is 0.937. The molecule has 112 valence electrons. The van der Waals surface area contributed by atoms with Crippen LogP contribution in [0, 0.1) is 0 Å². The van der Waals surface area contributed by atoms with Crippen molar-refractivity contribution < 1.29 is 4.74 Å². The van der Waals surface area contributed by atoms with Crippen LogP contribution in [0.15, 0.2) is 36.5 Å². The van der Waals surface area contributed by atoms with Crippen molar-refractivity contribution in [2.45, 2.75) is 13.0 Å². The molecule has 0 bridgehead atoms. The zero-order valence-corrected chi connectivity index (χ0v) is 12.6. The van der Waals surface area contributed by atoms with Crippen molar-refractivity contribution in [1.82, 2.24) is 9.78 Å². The first-order valence-electron chi connectivity index (χ1n) is 7.42. The van der Waals surface area contributed by atoms with Gasteiger partial charge in [0.15, 0.2) is 0 Å². The molecule has 0 spiro atoms. The highest BCUT2D eigenvalue weighted by Gasteiger charge is 2.16. The number of nitrogens with one attached hydrogen (secondary N) is 1. The molecule has 1 aliphatic heterocycles. The second kappa shape index (κ2) is 6.18. The molecule has 5 nitrogen and oxygen atoms in total. The summed E-state index contributed by atoms with van der Waals surface area (Å²) in [5.74, 6) is 0. The van der Waals surface area contributed by atoms with Gasteiger partial charge >= 0.3 is 0 Å². The molecular weight excluding hydrogens is 264 g/mol. The first-order chi connectivity index (χ1) is 10.3. The van der Waals surface area contributed by atoms with E-state index in [1.165, 1.54) is 11.4 Å². The molecule has 2 heterocycles. The van der Waals surface area contributed by atoms with E-state index in [1.54, 1.807) is 0 Å². The SMILES string of the molecule is CC(Nc1ccccc1N1CCOCC1)c1ccnn1C. The smallest absolute Gasteiger partial charge is 0.0654 e. The lowest BCUT2D eigenvalue weighted by Gasteiger charge is -2.31. The number of aryl methyl sites for hydroxylation is 1. The van der Waals surface area contributed by atoms with Crippen molar-refractivity contribution >= 4 is 11.4 Å². The van der Waals surface area contributed by atoms with Crippen molar-refractivity contribution in [3.63, 3.8) is 0 Å². The molecule has 1 aromatic heterocycles. The van der Waals surface area contributed by atoms with Gasteiger partial charge in [-0.05, 0) is 25.1 Å².